The Hall–Kier alpha value is -2.24. The van der Waals surface area contributed by atoms with Crippen LogP contribution in [0.5, 0.6) is 5.75 Å². The molecular weight excluding hydrogens is 272 g/mol. The summed E-state index contributed by atoms with van der Waals surface area (Å²) in [4.78, 5) is 25.2. The van der Waals surface area contributed by atoms with E-state index >= 15 is 0 Å². The van der Waals surface area contributed by atoms with Crippen LogP contribution in [0.15, 0.2) is 24.3 Å². The fourth-order valence-corrected chi connectivity index (χ4v) is 2.16. The Morgan fingerprint density at radius 1 is 1.38 bits per heavy atom. The first-order valence-corrected chi connectivity index (χ1v) is 7.12. The smallest absolute Gasteiger partial charge is 0.325 e. The van der Waals surface area contributed by atoms with Crippen LogP contribution in [0.4, 0.5) is 10.5 Å². The molecule has 1 aromatic carbocycles. The molecule has 6 heteroatoms. The Bertz CT molecular complexity index is 518. The predicted octanol–water partition coefficient (Wildman–Crippen LogP) is 1.94. The zero-order valence-electron chi connectivity index (χ0n) is 12.3. The lowest BCUT2D eigenvalue weighted by molar-refractivity contribution is -0.141. The van der Waals surface area contributed by atoms with Gasteiger partial charge in [0.25, 0.3) is 0 Å². The number of esters is 1. The number of anilines is 1. The van der Waals surface area contributed by atoms with Gasteiger partial charge in [-0.05, 0) is 25.5 Å². The van der Waals surface area contributed by atoms with E-state index in [4.69, 9.17) is 9.47 Å². The van der Waals surface area contributed by atoms with Crippen LogP contribution in [0.25, 0.3) is 0 Å². The molecule has 0 aliphatic carbocycles. The van der Waals surface area contributed by atoms with Crippen molar-refractivity contribution in [2.75, 3.05) is 24.6 Å². The van der Waals surface area contributed by atoms with Crippen molar-refractivity contribution in [2.45, 2.75) is 26.4 Å². The third-order valence-corrected chi connectivity index (χ3v) is 3.23. The van der Waals surface area contributed by atoms with Crippen LogP contribution < -0.4 is 15.0 Å². The molecule has 1 atom stereocenters. The minimum absolute atomic E-state index is 0.0479. The van der Waals surface area contributed by atoms with Crippen molar-refractivity contribution in [3.8, 4) is 5.75 Å². The van der Waals surface area contributed by atoms with Gasteiger partial charge in [0.15, 0.2) is 0 Å². The summed E-state index contributed by atoms with van der Waals surface area (Å²) < 4.78 is 10.6. The number of nitrogens with one attached hydrogen (secondary N) is 1. The van der Waals surface area contributed by atoms with Gasteiger partial charge in [-0.2, -0.15) is 0 Å². The van der Waals surface area contributed by atoms with Crippen molar-refractivity contribution in [1.29, 1.82) is 0 Å². The van der Waals surface area contributed by atoms with E-state index in [0.717, 1.165) is 6.42 Å². The minimum atomic E-state index is -0.445. The summed E-state index contributed by atoms with van der Waals surface area (Å²) in [5.41, 5.74) is 0.712. The maximum atomic E-state index is 12.3. The second kappa shape index (κ2) is 6.97. The molecule has 0 fully saturated rings. The SMILES string of the molecule is CCOC(=O)CNC(=O)N1C[C@@H](CC)Oc2ccccc21. The number of urea groups is 1. The van der Waals surface area contributed by atoms with Crippen molar-refractivity contribution < 1.29 is 19.1 Å². The first kappa shape index (κ1) is 15.2. The maximum absolute atomic E-state index is 12.3. The van der Waals surface area contributed by atoms with Gasteiger partial charge < -0.3 is 14.8 Å². The van der Waals surface area contributed by atoms with Crippen LogP contribution in [0.1, 0.15) is 20.3 Å². The van der Waals surface area contributed by atoms with E-state index < -0.39 is 5.97 Å². The summed E-state index contributed by atoms with van der Waals surface area (Å²) in [5, 5.41) is 2.58. The number of rotatable bonds is 4. The lowest BCUT2D eigenvalue weighted by atomic mass is 10.1. The molecule has 21 heavy (non-hydrogen) atoms. The molecule has 1 aliphatic rings. The molecule has 2 rings (SSSR count). The Balaban J connectivity index is 2.07. The molecule has 0 spiro atoms. The summed E-state index contributed by atoms with van der Waals surface area (Å²) >= 11 is 0. The zero-order valence-corrected chi connectivity index (χ0v) is 12.3. The number of hydrogen-bond acceptors (Lipinski definition) is 4. The van der Waals surface area contributed by atoms with Crippen molar-refractivity contribution in [3.63, 3.8) is 0 Å². The fraction of sp³-hybridized carbons (Fsp3) is 0.467. The van der Waals surface area contributed by atoms with Gasteiger partial charge in [-0.1, -0.05) is 19.1 Å². The molecular formula is C15H20N2O4. The number of nitrogens with zero attached hydrogens (tertiary/aromatic N) is 1. The number of ether oxygens (including phenoxy) is 2. The van der Waals surface area contributed by atoms with Crippen LogP contribution in [0, 0.1) is 0 Å². The van der Waals surface area contributed by atoms with E-state index in [-0.39, 0.29) is 18.7 Å². The Morgan fingerprint density at radius 3 is 2.86 bits per heavy atom. The van der Waals surface area contributed by atoms with Crippen LogP contribution in [0.2, 0.25) is 0 Å². The predicted molar refractivity (Wildman–Crippen MR) is 78.5 cm³/mol. The molecule has 1 N–H and O–H groups in total. The molecule has 0 radical (unpaired) electrons. The standard InChI is InChI=1S/C15H20N2O4/c1-3-11-10-17(12-7-5-6-8-13(12)21-11)15(19)16-9-14(18)20-4-2/h5-8,11H,3-4,9-10H2,1-2H3,(H,16,19)/t11-/m1/s1. The molecule has 1 heterocycles. The normalized spacial score (nSPS) is 16.7. The number of benzene rings is 1. The highest BCUT2D eigenvalue weighted by molar-refractivity contribution is 5.95. The summed E-state index contributed by atoms with van der Waals surface area (Å²) in [6.07, 6.45) is 0.754. The van der Waals surface area contributed by atoms with Gasteiger partial charge in [-0.15, -0.1) is 0 Å². The topological polar surface area (TPSA) is 67.9 Å². The summed E-state index contributed by atoms with van der Waals surface area (Å²) in [6.45, 7) is 4.36. The lowest BCUT2D eigenvalue weighted by Crippen LogP contribution is -2.49. The molecule has 1 aliphatic heterocycles. The van der Waals surface area contributed by atoms with Crippen molar-refractivity contribution in [2.24, 2.45) is 0 Å². The van der Waals surface area contributed by atoms with Crippen molar-refractivity contribution >= 4 is 17.7 Å². The average molecular weight is 292 g/mol. The van der Waals surface area contributed by atoms with Crippen LogP contribution in [-0.2, 0) is 9.53 Å². The first-order valence-electron chi connectivity index (χ1n) is 7.12. The maximum Gasteiger partial charge on any atom is 0.325 e. The van der Waals surface area contributed by atoms with Gasteiger partial charge in [-0.3, -0.25) is 9.69 Å². The number of para-hydroxylation sites is 2. The molecule has 0 unspecified atom stereocenters. The molecule has 2 amide bonds. The monoisotopic (exact) mass is 292 g/mol. The highest BCUT2D eigenvalue weighted by Crippen LogP contribution is 2.33. The van der Waals surface area contributed by atoms with E-state index in [9.17, 15) is 9.59 Å². The number of fused-ring (bicyclic) bond motifs is 1. The number of amides is 2. The highest BCUT2D eigenvalue weighted by atomic mass is 16.5. The van der Waals surface area contributed by atoms with Gasteiger partial charge in [0, 0.05) is 0 Å². The number of carbonyl (C=O) groups is 2. The minimum Gasteiger partial charge on any atom is -0.486 e. The third kappa shape index (κ3) is 3.65. The Morgan fingerprint density at radius 2 is 2.14 bits per heavy atom. The summed E-state index contributed by atoms with van der Waals surface area (Å²) in [7, 11) is 0. The third-order valence-electron chi connectivity index (χ3n) is 3.23. The van der Waals surface area contributed by atoms with Gasteiger partial charge >= 0.3 is 12.0 Å². The van der Waals surface area contributed by atoms with Crippen molar-refractivity contribution in [3.05, 3.63) is 24.3 Å². The van der Waals surface area contributed by atoms with Crippen molar-refractivity contribution in [1.82, 2.24) is 5.32 Å². The molecule has 0 bridgehead atoms. The molecule has 0 saturated heterocycles. The van der Waals surface area contributed by atoms with E-state index in [1.807, 2.05) is 31.2 Å². The Labute approximate surface area is 124 Å². The van der Waals surface area contributed by atoms with Crippen LogP contribution in [-0.4, -0.2) is 37.8 Å². The average Bonchev–Trinajstić information content (AvgIpc) is 2.51. The van der Waals surface area contributed by atoms with Gasteiger partial charge in [0.05, 0.1) is 18.8 Å². The Kier molecular flexibility index (Phi) is 5.03. The molecule has 0 aromatic heterocycles. The molecule has 1 aromatic rings. The quantitative estimate of drug-likeness (QED) is 0.861. The largest absolute Gasteiger partial charge is 0.486 e. The van der Waals surface area contributed by atoms with Crippen LogP contribution >= 0.6 is 0 Å². The second-order valence-electron chi connectivity index (χ2n) is 4.69. The van der Waals surface area contributed by atoms with Crippen LogP contribution in [0.3, 0.4) is 0 Å². The van der Waals surface area contributed by atoms with E-state index in [1.54, 1.807) is 11.8 Å². The van der Waals surface area contributed by atoms with E-state index in [0.29, 0.717) is 24.6 Å². The molecule has 114 valence electrons. The molecule has 6 nitrogen and oxygen atoms in total. The van der Waals surface area contributed by atoms with Gasteiger partial charge in [0.1, 0.15) is 18.4 Å². The molecule has 0 saturated carbocycles. The fourth-order valence-electron chi connectivity index (χ4n) is 2.16. The van der Waals surface area contributed by atoms with Gasteiger partial charge in [-0.25, -0.2) is 4.79 Å². The lowest BCUT2D eigenvalue weighted by Gasteiger charge is -2.34. The summed E-state index contributed by atoms with van der Waals surface area (Å²) in [5.74, 6) is 0.237. The second-order valence-corrected chi connectivity index (χ2v) is 4.69. The number of hydrogen-bond donors (Lipinski definition) is 1. The van der Waals surface area contributed by atoms with Gasteiger partial charge in [0.2, 0.25) is 0 Å². The first-order chi connectivity index (χ1) is 10.2. The van der Waals surface area contributed by atoms with E-state index in [1.165, 1.54) is 0 Å². The zero-order chi connectivity index (χ0) is 15.2. The number of carbonyl (C=O) groups excluding carboxylic acids is 2. The highest BCUT2D eigenvalue weighted by Gasteiger charge is 2.28. The summed E-state index contributed by atoms with van der Waals surface area (Å²) in [6, 6.07) is 7.05. The van der Waals surface area contributed by atoms with E-state index in [2.05, 4.69) is 5.32 Å².